The van der Waals surface area contributed by atoms with Gasteiger partial charge >= 0.3 is 11.7 Å². The number of aromatic nitrogens is 3. The van der Waals surface area contributed by atoms with Crippen LogP contribution in [0.15, 0.2) is 38.2 Å². The van der Waals surface area contributed by atoms with Gasteiger partial charge in [0.2, 0.25) is 5.78 Å². The molecule has 2 heterocycles. The number of carbonyl (C=O) groups is 2. The van der Waals surface area contributed by atoms with Gasteiger partial charge in [-0.15, -0.1) is 11.3 Å². The van der Waals surface area contributed by atoms with Gasteiger partial charge in [-0.2, -0.15) is 0 Å². The molecule has 0 saturated carbocycles. The van der Waals surface area contributed by atoms with Gasteiger partial charge in [0.1, 0.15) is 11.4 Å². The molecule has 3 aromatic rings. The number of anilines is 1. The zero-order valence-corrected chi connectivity index (χ0v) is 16.6. The first-order valence-electron chi connectivity index (χ1n) is 8.02. The molecule has 11 heteroatoms. The first-order valence-corrected chi connectivity index (χ1v) is 9.82. The van der Waals surface area contributed by atoms with Gasteiger partial charge in [-0.1, -0.05) is 23.9 Å². The Labute approximate surface area is 166 Å². The van der Waals surface area contributed by atoms with Crippen molar-refractivity contribution in [3.63, 3.8) is 0 Å². The zero-order chi connectivity index (χ0) is 20.4. The number of esters is 1. The molecule has 0 aliphatic heterocycles. The number of thiazole rings is 1. The summed E-state index contributed by atoms with van der Waals surface area (Å²) in [5.41, 5.74) is 4.70. The van der Waals surface area contributed by atoms with Crippen molar-refractivity contribution in [2.45, 2.75) is 4.34 Å². The largest absolute Gasteiger partial charge is 0.457 e. The van der Waals surface area contributed by atoms with Crippen LogP contribution in [0.4, 0.5) is 5.82 Å². The summed E-state index contributed by atoms with van der Waals surface area (Å²) in [7, 11) is 2.58. The Morgan fingerprint density at radius 2 is 1.93 bits per heavy atom. The van der Waals surface area contributed by atoms with Crippen LogP contribution in [0, 0.1) is 0 Å². The van der Waals surface area contributed by atoms with Gasteiger partial charge in [-0.3, -0.25) is 23.5 Å². The Kier molecular flexibility index (Phi) is 5.66. The summed E-state index contributed by atoms with van der Waals surface area (Å²) in [5, 5.41) is 0. The summed E-state index contributed by atoms with van der Waals surface area (Å²) in [6.07, 6.45) is 0. The standard InChI is InChI=1S/C17H16N4O5S2/c1-20-14(18)13(15(24)21(2)17(20)25)10(22)7-26-12(23)8-27-16-19-9-5-3-4-6-11(9)28-16/h3-6H,7-8,18H2,1-2H3. The van der Waals surface area contributed by atoms with E-state index in [2.05, 4.69) is 4.98 Å². The van der Waals surface area contributed by atoms with Gasteiger partial charge in [0.25, 0.3) is 5.56 Å². The number of carbonyl (C=O) groups excluding carboxylic acids is 2. The van der Waals surface area contributed by atoms with E-state index in [1.165, 1.54) is 37.2 Å². The number of hydrogen-bond donors (Lipinski definition) is 1. The van der Waals surface area contributed by atoms with Crippen molar-refractivity contribution >= 4 is 50.9 Å². The van der Waals surface area contributed by atoms with Crippen molar-refractivity contribution in [1.29, 1.82) is 0 Å². The summed E-state index contributed by atoms with van der Waals surface area (Å²) in [4.78, 5) is 52.5. The lowest BCUT2D eigenvalue weighted by Crippen LogP contribution is -2.42. The van der Waals surface area contributed by atoms with Crippen LogP contribution in [0.5, 0.6) is 0 Å². The molecule has 0 amide bonds. The van der Waals surface area contributed by atoms with E-state index in [4.69, 9.17) is 10.5 Å². The molecule has 146 valence electrons. The quantitative estimate of drug-likeness (QED) is 0.352. The predicted octanol–water partition coefficient (Wildman–Crippen LogP) is 0.794. The molecule has 0 bridgehead atoms. The Bertz CT molecular complexity index is 1160. The third kappa shape index (κ3) is 3.85. The number of ketones is 1. The number of ether oxygens (including phenoxy) is 1. The minimum absolute atomic E-state index is 0.0339. The van der Waals surface area contributed by atoms with Crippen LogP contribution in [0.1, 0.15) is 10.4 Å². The minimum atomic E-state index is -0.828. The molecule has 0 unspecified atom stereocenters. The molecule has 0 atom stereocenters. The molecule has 2 N–H and O–H groups in total. The summed E-state index contributed by atoms with van der Waals surface area (Å²) in [6.45, 7) is -0.642. The number of fused-ring (bicyclic) bond motifs is 1. The molecular formula is C17H16N4O5S2. The Morgan fingerprint density at radius 3 is 2.64 bits per heavy atom. The number of hydrogen-bond acceptors (Lipinski definition) is 9. The van der Waals surface area contributed by atoms with E-state index in [1.54, 1.807) is 0 Å². The normalized spacial score (nSPS) is 10.9. The van der Waals surface area contributed by atoms with E-state index >= 15 is 0 Å². The molecule has 0 aliphatic rings. The second kappa shape index (κ2) is 7.98. The average molecular weight is 420 g/mol. The maximum Gasteiger partial charge on any atom is 0.332 e. The molecule has 2 aromatic heterocycles. The van der Waals surface area contributed by atoms with Gasteiger partial charge in [0, 0.05) is 14.1 Å². The van der Waals surface area contributed by atoms with Crippen molar-refractivity contribution < 1.29 is 14.3 Å². The Morgan fingerprint density at radius 1 is 1.21 bits per heavy atom. The molecular weight excluding hydrogens is 404 g/mol. The van der Waals surface area contributed by atoms with Crippen LogP contribution in [0.2, 0.25) is 0 Å². The second-order valence-corrected chi connectivity index (χ2v) is 8.04. The van der Waals surface area contributed by atoms with Crippen molar-refractivity contribution in [3.8, 4) is 0 Å². The third-order valence-electron chi connectivity index (χ3n) is 3.94. The number of thioether (sulfide) groups is 1. The van der Waals surface area contributed by atoms with Gasteiger partial charge in [0.15, 0.2) is 10.9 Å². The first kappa shape index (κ1) is 19.8. The average Bonchev–Trinajstić information content (AvgIpc) is 3.11. The number of benzene rings is 1. The lowest BCUT2D eigenvalue weighted by molar-refractivity contribution is -0.139. The van der Waals surface area contributed by atoms with Crippen molar-refractivity contribution in [2.24, 2.45) is 14.1 Å². The highest BCUT2D eigenvalue weighted by Crippen LogP contribution is 2.29. The molecule has 28 heavy (non-hydrogen) atoms. The maximum atomic E-state index is 12.3. The molecule has 0 radical (unpaired) electrons. The second-order valence-electron chi connectivity index (χ2n) is 5.79. The van der Waals surface area contributed by atoms with E-state index in [1.807, 2.05) is 24.3 Å². The van der Waals surface area contributed by atoms with E-state index in [0.717, 1.165) is 19.4 Å². The van der Waals surface area contributed by atoms with Gasteiger partial charge in [-0.25, -0.2) is 9.78 Å². The fourth-order valence-corrected chi connectivity index (χ4v) is 4.28. The molecule has 0 fully saturated rings. The smallest absolute Gasteiger partial charge is 0.332 e. The van der Waals surface area contributed by atoms with Crippen LogP contribution in [-0.4, -0.2) is 38.2 Å². The Balaban J connectivity index is 1.62. The van der Waals surface area contributed by atoms with Gasteiger partial charge in [-0.05, 0) is 12.1 Å². The Hall–Kier alpha value is -2.92. The lowest BCUT2D eigenvalue weighted by atomic mass is 10.2. The monoisotopic (exact) mass is 420 g/mol. The van der Waals surface area contributed by atoms with Crippen molar-refractivity contribution in [2.75, 3.05) is 18.1 Å². The third-order valence-corrected chi connectivity index (χ3v) is 6.09. The van der Waals surface area contributed by atoms with E-state index in [0.29, 0.717) is 4.34 Å². The number of nitrogen functional groups attached to an aromatic ring is 1. The van der Waals surface area contributed by atoms with Crippen LogP contribution < -0.4 is 17.0 Å². The predicted molar refractivity (Wildman–Crippen MR) is 107 cm³/mol. The number of nitrogens with two attached hydrogens (primary N) is 1. The number of Topliss-reactive ketones (excluding diaryl/α,β-unsaturated/α-hetero) is 1. The molecule has 1 aromatic carbocycles. The molecule has 3 rings (SSSR count). The van der Waals surface area contributed by atoms with E-state index < -0.39 is 29.6 Å². The summed E-state index contributed by atoms with van der Waals surface area (Å²) in [5.74, 6) is -1.70. The minimum Gasteiger partial charge on any atom is -0.457 e. The maximum absolute atomic E-state index is 12.3. The SMILES string of the molecule is Cn1c(N)c(C(=O)COC(=O)CSc2nc3ccccc3s2)c(=O)n(C)c1=O. The molecule has 0 spiro atoms. The zero-order valence-electron chi connectivity index (χ0n) is 15.0. The number of rotatable bonds is 6. The molecule has 9 nitrogen and oxygen atoms in total. The highest BCUT2D eigenvalue weighted by atomic mass is 32.2. The number of para-hydroxylation sites is 1. The van der Waals surface area contributed by atoms with Crippen LogP contribution in [0.3, 0.4) is 0 Å². The summed E-state index contributed by atoms with van der Waals surface area (Å²) in [6, 6.07) is 7.60. The fourth-order valence-electron chi connectivity index (χ4n) is 2.42. The lowest BCUT2D eigenvalue weighted by Gasteiger charge is -2.10. The summed E-state index contributed by atoms with van der Waals surface area (Å²) < 4.78 is 8.43. The van der Waals surface area contributed by atoms with Crippen LogP contribution >= 0.6 is 23.1 Å². The number of nitrogens with zero attached hydrogens (tertiary/aromatic N) is 3. The van der Waals surface area contributed by atoms with Gasteiger partial charge < -0.3 is 10.5 Å². The van der Waals surface area contributed by atoms with E-state index in [9.17, 15) is 19.2 Å². The van der Waals surface area contributed by atoms with Crippen LogP contribution in [0.25, 0.3) is 10.2 Å². The van der Waals surface area contributed by atoms with Crippen LogP contribution in [-0.2, 0) is 23.6 Å². The van der Waals surface area contributed by atoms with Crippen molar-refractivity contribution in [1.82, 2.24) is 14.1 Å². The molecule has 0 aliphatic carbocycles. The van der Waals surface area contributed by atoms with Gasteiger partial charge in [0.05, 0.1) is 16.0 Å². The highest BCUT2D eigenvalue weighted by Gasteiger charge is 2.21. The van der Waals surface area contributed by atoms with E-state index in [-0.39, 0.29) is 17.1 Å². The first-order chi connectivity index (χ1) is 13.3. The summed E-state index contributed by atoms with van der Waals surface area (Å²) >= 11 is 2.65. The highest BCUT2D eigenvalue weighted by molar-refractivity contribution is 8.01. The fraction of sp³-hybridized carbons (Fsp3) is 0.235. The molecule has 0 saturated heterocycles. The van der Waals surface area contributed by atoms with Crippen molar-refractivity contribution in [3.05, 3.63) is 50.7 Å². The topological polar surface area (TPSA) is 126 Å².